The zero-order chi connectivity index (χ0) is 12.3. The van der Waals surface area contributed by atoms with Crippen molar-refractivity contribution >= 4 is 0 Å². The van der Waals surface area contributed by atoms with Gasteiger partial charge in [-0.2, -0.15) is 0 Å². The van der Waals surface area contributed by atoms with Gasteiger partial charge in [0.25, 0.3) is 0 Å². The van der Waals surface area contributed by atoms with Gasteiger partial charge in [-0.3, -0.25) is 4.98 Å². The van der Waals surface area contributed by atoms with Gasteiger partial charge in [0.05, 0.1) is 5.69 Å². The second-order valence-electron chi connectivity index (χ2n) is 3.71. The average molecular weight is 235 g/mol. The molecule has 17 heavy (non-hydrogen) atoms. The fourth-order valence-corrected chi connectivity index (χ4v) is 1.57. The van der Waals surface area contributed by atoms with Crippen LogP contribution in [-0.2, 0) is 6.42 Å². The number of rotatable bonds is 3. The summed E-state index contributed by atoms with van der Waals surface area (Å²) in [6.45, 7) is 0. The molecular weight excluding hydrogens is 224 g/mol. The van der Waals surface area contributed by atoms with E-state index in [-0.39, 0.29) is 12.0 Å². The average Bonchev–Trinajstić information content (AvgIpc) is 2.34. The maximum atomic E-state index is 13.4. The molecule has 0 aliphatic carbocycles. The summed E-state index contributed by atoms with van der Waals surface area (Å²) >= 11 is 0. The third-order valence-corrected chi connectivity index (χ3v) is 2.46. The van der Waals surface area contributed by atoms with Gasteiger partial charge in [-0.05, 0) is 23.8 Å². The zero-order valence-electron chi connectivity index (χ0n) is 8.98. The molecule has 1 aromatic heterocycles. The van der Waals surface area contributed by atoms with Crippen molar-refractivity contribution in [3.63, 3.8) is 0 Å². The first-order valence-corrected chi connectivity index (χ1v) is 5.20. The molecule has 0 saturated carbocycles. The lowest BCUT2D eigenvalue weighted by atomic mass is 10.0. The summed E-state index contributed by atoms with van der Waals surface area (Å²) in [5.74, 6) is -1.28. The topological polar surface area (TPSA) is 33.1 Å². The Bertz CT molecular complexity index is 502. The number of aromatic nitrogens is 1. The number of halogens is 2. The molecule has 1 aromatic carbocycles. The van der Waals surface area contributed by atoms with Gasteiger partial charge < -0.3 is 5.11 Å². The third-order valence-electron chi connectivity index (χ3n) is 2.46. The fraction of sp³-hybridized carbons (Fsp3) is 0.154. The molecule has 0 aliphatic heterocycles. The molecule has 1 heterocycles. The van der Waals surface area contributed by atoms with Gasteiger partial charge in [-0.15, -0.1) is 0 Å². The Hall–Kier alpha value is -1.81. The van der Waals surface area contributed by atoms with Gasteiger partial charge in [0, 0.05) is 18.7 Å². The minimum Gasteiger partial charge on any atom is -0.386 e. The van der Waals surface area contributed by atoms with E-state index in [1.165, 1.54) is 12.1 Å². The largest absolute Gasteiger partial charge is 0.386 e. The smallest absolute Gasteiger partial charge is 0.129 e. The highest BCUT2D eigenvalue weighted by Crippen LogP contribution is 2.18. The predicted molar refractivity (Wildman–Crippen MR) is 59.3 cm³/mol. The summed E-state index contributed by atoms with van der Waals surface area (Å²) in [6.07, 6.45) is 0.735. The normalized spacial score (nSPS) is 12.4. The number of nitrogens with zero attached hydrogens (tertiary/aromatic N) is 1. The van der Waals surface area contributed by atoms with Crippen LogP contribution in [0.4, 0.5) is 8.78 Å². The molecule has 1 N–H and O–H groups in total. The molecule has 88 valence electrons. The van der Waals surface area contributed by atoms with E-state index in [9.17, 15) is 13.9 Å². The zero-order valence-corrected chi connectivity index (χ0v) is 8.98. The molecule has 0 fully saturated rings. The summed E-state index contributed by atoms with van der Waals surface area (Å²) in [5, 5.41) is 9.84. The highest BCUT2D eigenvalue weighted by molar-refractivity contribution is 5.21. The number of hydrogen-bond donors (Lipinski definition) is 1. The van der Waals surface area contributed by atoms with Crippen LogP contribution >= 0.6 is 0 Å². The number of aliphatic hydroxyl groups is 1. The summed E-state index contributed by atoms with van der Waals surface area (Å²) < 4.78 is 26.0. The lowest BCUT2D eigenvalue weighted by Gasteiger charge is -2.10. The summed E-state index contributed by atoms with van der Waals surface area (Å²) in [4.78, 5) is 3.98. The van der Waals surface area contributed by atoms with E-state index in [4.69, 9.17) is 0 Å². The molecule has 0 bridgehead atoms. The molecule has 2 nitrogen and oxygen atoms in total. The van der Waals surface area contributed by atoms with Crippen LogP contribution in [0.15, 0.2) is 42.6 Å². The standard InChI is InChI=1S/C13H11F2NO/c14-10-5-4-9(11(15)8-10)7-13(17)12-3-1-2-6-16-12/h1-6,8,13,17H,7H2. The van der Waals surface area contributed by atoms with Gasteiger partial charge in [0.2, 0.25) is 0 Å². The van der Waals surface area contributed by atoms with Crippen molar-refractivity contribution in [2.45, 2.75) is 12.5 Å². The van der Waals surface area contributed by atoms with Crippen molar-refractivity contribution in [1.82, 2.24) is 4.98 Å². The van der Waals surface area contributed by atoms with E-state index in [1.807, 2.05) is 0 Å². The maximum Gasteiger partial charge on any atom is 0.129 e. The molecule has 2 rings (SSSR count). The van der Waals surface area contributed by atoms with Crippen molar-refractivity contribution in [1.29, 1.82) is 0 Å². The Kier molecular flexibility index (Phi) is 3.44. The van der Waals surface area contributed by atoms with Gasteiger partial charge in [-0.1, -0.05) is 12.1 Å². The molecule has 4 heteroatoms. The van der Waals surface area contributed by atoms with Crippen molar-refractivity contribution in [3.05, 3.63) is 65.5 Å². The number of pyridine rings is 1. The number of hydrogen-bond acceptors (Lipinski definition) is 2. The minimum absolute atomic E-state index is 0.0725. The van der Waals surface area contributed by atoms with Crippen LogP contribution in [0, 0.1) is 11.6 Å². The third kappa shape index (κ3) is 2.85. The highest BCUT2D eigenvalue weighted by Gasteiger charge is 2.12. The van der Waals surface area contributed by atoms with Crippen LogP contribution < -0.4 is 0 Å². The van der Waals surface area contributed by atoms with E-state index >= 15 is 0 Å². The summed E-state index contributed by atoms with van der Waals surface area (Å²) in [7, 11) is 0. The van der Waals surface area contributed by atoms with Crippen LogP contribution in [0.5, 0.6) is 0 Å². The van der Waals surface area contributed by atoms with E-state index in [2.05, 4.69) is 4.98 Å². The first-order valence-electron chi connectivity index (χ1n) is 5.20. The van der Waals surface area contributed by atoms with Gasteiger partial charge in [-0.25, -0.2) is 8.78 Å². The Balaban J connectivity index is 2.16. The van der Waals surface area contributed by atoms with Crippen molar-refractivity contribution in [2.75, 3.05) is 0 Å². The summed E-state index contributed by atoms with van der Waals surface area (Å²) in [6, 6.07) is 8.44. The van der Waals surface area contributed by atoms with Gasteiger partial charge in [0.15, 0.2) is 0 Å². The SMILES string of the molecule is OC(Cc1ccc(F)cc1F)c1ccccn1. The van der Waals surface area contributed by atoms with Crippen LogP contribution in [0.2, 0.25) is 0 Å². The van der Waals surface area contributed by atoms with E-state index in [1.54, 1.807) is 24.4 Å². The molecule has 2 aromatic rings. The van der Waals surface area contributed by atoms with E-state index < -0.39 is 17.7 Å². The fourth-order valence-electron chi connectivity index (χ4n) is 1.57. The first-order chi connectivity index (χ1) is 8.16. The van der Waals surface area contributed by atoms with Gasteiger partial charge in [0.1, 0.15) is 17.7 Å². The minimum atomic E-state index is -0.892. The molecule has 0 aliphatic rings. The molecule has 1 atom stereocenters. The Morgan fingerprint density at radius 1 is 1.18 bits per heavy atom. The lowest BCUT2D eigenvalue weighted by Crippen LogP contribution is -2.05. The van der Waals surface area contributed by atoms with Crippen molar-refractivity contribution in [3.8, 4) is 0 Å². The Morgan fingerprint density at radius 3 is 2.65 bits per heavy atom. The first kappa shape index (κ1) is 11.7. The Morgan fingerprint density at radius 2 is 2.00 bits per heavy atom. The summed E-state index contributed by atoms with van der Waals surface area (Å²) in [5.41, 5.74) is 0.737. The maximum absolute atomic E-state index is 13.4. The molecule has 0 amide bonds. The molecule has 0 radical (unpaired) electrons. The second kappa shape index (κ2) is 5.01. The Labute approximate surface area is 97.6 Å². The monoisotopic (exact) mass is 235 g/mol. The molecule has 0 saturated heterocycles. The number of benzene rings is 1. The van der Waals surface area contributed by atoms with Crippen LogP contribution in [0.3, 0.4) is 0 Å². The van der Waals surface area contributed by atoms with Gasteiger partial charge >= 0.3 is 0 Å². The van der Waals surface area contributed by atoms with Crippen molar-refractivity contribution in [2.24, 2.45) is 0 Å². The lowest BCUT2D eigenvalue weighted by molar-refractivity contribution is 0.172. The van der Waals surface area contributed by atoms with Crippen molar-refractivity contribution < 1.29 is 13.9 Å². The second-order valence-corrected chi connectivity index (χ2v) is 3.71. The highest BCUT2D eigenvalue weighted by atomic mass is 19.1. The molecular formula is C13H11F2NO. The van der Waals surface area contributed by atoms with Crippen LogP contribution in [0.25, 0.3) is 0 Å². The quantitative estimate of drug-likeness (QED) is 0.887. The number of aliphatic hydroxyl groups excluding tert-OH is 1. The molecule has 1 unspecified atom stereocenters. The van der Waals surface area contributed by atoms with E-state index in [0.29, 0.717) is 5.69 Å². The predicted octanol–water partition coefficient (Wildman–Crippen LogP) is 2.64. The molecule has 0 spiro atoms. The van der Waals surface area contributed by atoms with E-state index in [0.717, 1.165) is 6.07 Å². The van der Waals surface area contributed by atoms with Crippen LogP contribution in [0.1, 0.15) is 17.4 Å². The van der Waals surface area contributed by atoms with Crippen LogP contribution in [-0.4, -0.2) is 10.1 Å².